The minimum Gasteiger partial charge on any atom is -0.345 e. The lowest BCUT2D eigenvalue weighted by Gasteiger charge is -2.05. The molecule has 3 N–H and O–H groups in total. The number of carbonyl (C=O) groups excluding carboxylic acids is 2. The number of carbonyl (C=O) groups is 2. The van der Waals surface area contributed by atoms with Crippen molar-refractivity contribution in [1.29, 1.82) is 0 Å². The highest BCUT2D eigenvalue weighted by Gasteiger charge is 2.14. The monoisotopic (exact) mass is 330 g/mol. The Balaban J connectivity index is 1.72. The zero-order valence-electron chi connectivity index (χ0n) is 12.2. The van der Waals surface area contributed by atoms with E-state index in [1.54, 1.807) is 5.48 Å². The van der Waals surface area contributed by atoms with E-state index in [2.05, 4.69) is 9.69 Å². The fourth-order valence-corrected chi connectivity index (χ4v) is 2.98. The summed E-state index contributed by atoms with van der Waals surface area (Å²) in [7, 11) is 1.84. The van der Waals surface area contributed by atoms with Gasteiger partial charge in [-0.1, -0.05) is 18.2 Å². The molecule has 8 heteroatoms. The Hall–Kier alpha value is -2.71. The van der Waals surface area contributed by atoms with Crippen LogP contribution in [0.2, 0.25) is 0 Å². The van der Waals surface area contributed by atoms with Gasteiger partial charge in [-0.05, 0) is 29.7 Å². The fraction of sp³-hybridized carbons (Fsp3) is 0.133. The Labute approximate surface area is 135 Å². The first-order chi connectivity index (χ1) is 11.1. The minimum absolute atomic E-state index is 0.204. The van der Waals surface area contributed by atoms with Gasteiger partial charge in [-0.25, -0.2) is 5.48 Å². The maximum Gasteiger partial charge on any atom is 0.286 e. The summed E-state index contributed by atoms with van der Waals surface area (Å²) in [6, 6.07) is 11.1. The molecule has 2 aromatic heterocycles. The summed E-state index contributed by atoms with van der Waals surface area (Å²) in [6.07, 6.45) is 0. The van der Waals surface area contributed by atoms with Gasteiger partial charge in [0.2, 0.25) is 0 Å². The molecule has 3 rings (SSSR count). The summed E-state index contributed by atoms with van der Waals surface area (Å²) in [5.41, 5.74) is 3.64. The molecule has 1 aromatic carbocycles. The van der Waals surface area contributed by atoms with Gasteiger partial charge in [0.1, 0.15) is 10.6 Å². The molecule has 0 radical (unpaired) electrons. The van der Waals surface area contributed by atoms with E-state index in [1.165, 1.54) is 6.07 Å². The standard InChI is InChI=1S/C15H14N4O3S/c1-19-11-5-3-2-4-9(11)6-12(19)14(20)16-8-10-7-13(23-18-10)15(21)17-22/h2-7,22H,8H2,1H3,(H,16,20)(H,17,21). The molecule has 0 aliphatic rings. The second-order valence-corrected chi connectivity index (χ2v) is 5.76. The van der Waals surface area contributed by atoms with Gasteiger partial charge >= 0.3 is 0 Å². The van der Waals surface area contributed by atoms with Crippen LogP contribution in [-0.2, 0) is 13.6 Å². The Morgan fingerprint density at radius 1 is 1.26 bits per heavy atom. The molecule has 0 saturated carbocycles. The fourth-order valence-electron chi connectivity index (χ4n) is 2.33. The van der Waals surface area contributed by atoms with Gasteiger partial charge in [0.05, 0.1) is 12.2 Å². The van der Waals surface area contributed by atoms with Crippen molar-refractivity contribution in [2.24, 2.45) is 7.05 Å². The molecule has 2 amide bonds. The number of aromatic nitrogens is 2. The molecule has 0 saturated heterocycles. The molecule has 0 atom stereocenters. The maximum atomic E-state index is 12.3. The van der Waals surface area contributed by atoms with Crippen molar-refractivity contribution in [3.8, 4) is 0 Å². The average molecular weight is 330 g/mol. The topological polar surface area (TPSA) is 96.2 Å². The normalized spacial score (nSPS) is 10.7. The highest BCUT2D eigenvalue weighted by molar-refractivity contribution is 7.08. The highest BCUT2D eigenvalue weighted by Crippen LogP contribution is 2.18. The first-order valence-corrected chi connectivity index (χ1v) is 7.60. The lowest BCUT2D eigenvalue weighted by Crippen LogP contribution is -2.25. The summed E-state index contributed by atoms with van der Waals surface area (Å²) in [4.78, 5) is 23.9. The van der Waals surface area contributed by atoms with Crippen LogP contribution in [0.15, 0.2) is 36.4 Å². The number of benzene rings is 1. The number of hydrogen-bond donors (Lipinski definition) is 3. The Kier molecular flexibility index (Phi) is 4.09. The number of amides is 2. The summed E-state index contributed by atoms with van der Waals surface area (Å²) >= 11 is 0.958. The van der Waals surface area contributed by atoms with E-state index in [4.69, 9.17) is 5.21 Å². The maximum absolute atomic E-state index is 12.3. The molecular weight excluding hydrogens is 316 g/mol. The summed E-state index contributed by atoms with van der Waals surface area (Å²) in [5, 5.41) is 12.3. The zero-order chi connectivity index (χ0) is 16.4. The van der Waals surface area contributed by atoms with Crippen molar-refractivity contribution in [3.63, 3.8) is 0 Å². The van der Waals surface area contributed by atoms with Crippen molar-refractivity contribution in [2.75, 3.05) is 0 Å². The molecule has 118 valence electrons. The number of para-hydroxylation sites is 1. The van der Waals surface area contributed by atoms with Crippen LogP contribution >= 0.6 is 11.5 Å². The highest BCUT2D eigenvalue weighted by atomic mass is 32.1. The number of fused-ring (bicyclic) bond motifs is 1. The molecule has 7 nitrogen and oxygen atoms in total. The van der Waals surface area contributed by atoms with Crippen LogP contribution in [0, 0.1) is 0 Å². The number of aryl methyl sites for hydroxylation is 1. The first-order valence-electron chi connectivity index (χ1n) is 6.83. The summed E-state index contributed by atoms with van der Waals surface area (Å²) in [6.45, 7) is 0.204. The molecule has 0 bridgehead atoms. The van der Waals surface area contributed by atoms with Gasteiger partial charge in [0.25, 0.3) is 11.8 Å². The smallest absolute Gasteiger partial charge is 0.286 e. The molecule has 0 aliphatic carbocycles. The molecule has 0 unspecified atom stereocenters. The quantitative estimate of drug-likeness (QED) is 0.501. The summed E-state index contributed by atoms with van der Waals surface area (Å²) in [5.74, 6) is -0.835. The van der Waals surface area contributed by atoms with Crippen molar-refractivity contribution in [3.05, 3.63) is 52.7 Å². The van der Waals surface area contributed by atoms with E-state index in [9.17, 15) is 9.59 Å². The van der Waals surface area contributed by atoms with Crippen molar-refractivity contribution < 1.29 is 14.8 Å². The number of hydroxylamine groups is 1. The predicted molar refractivity (Wildman–Crippen MR) is 85.5 cm³/mol. The molecular formula is C15H14N4O3S. The largest absolute Gasteiger partial charge is 0.345 e. The third kappa shape index (κ3) is 2.94. The van der Waals surface area contributed by atoms with Crippen molar-refractivity contribution in [1.82, 2.24) is 19.7 Å². The van der Waals surface area contributed by atoms with E-state index < -0.39 is 5.91 Å². The molecule has 2 heterocycles. The van der Waals surface area contributed by atoms with Crippen LogP contribution in [0.4, 0.5) is 0 Å². The molecule has 0 aliphatic heterocycles. The molecule has 3 aromatic rings. The Morgan fingerprint density at radius 2 is 2.04 bits per heavy atom. The van der Waals surface area contributed by atoms with Gasteiger partial charge in [0, 0.05) is 18.0 Å². The zero-order valence-corrected chi connectivity index (χ0v) is 13.1. The van der Waals surface area contributed by atoms with Crippen LogP contribution in [0.3, 0.4) is 0 Å². The SMILES string of the molecule is Cn1c(C(=O)NCc2cc(C(=O)NO)sn2)cc2ccccc21. The third-order valence-electron chi connectivity index (χ3n) is 3.50. The second kappa shape index (κ2) is 6.19. The van der Waals surface area contributed by atoms with E-state index >= 15 is 0 Å². The predicted octanol–water partition coefficient (Wildman–Crippen LogP) is 1.68. The minimum atomic E-state index is -0.617. The van der Waals surface area contributed by atoms with Crippen LogP contribution in [0.25, 0.3) is 10.9 Å². The lowest BCUT2D eigenvalue weighted by molar-refractivity contribution is 0.0711. The van der Waals surface area contributed by atoms with Crippen LogP contribution in [-0.4, -0.2) is 26.0 Å². The van der Waals surface area contributed by atoms with E-state index in [0.29, 0.717) is 11.4 Å². The number of rotatable bonds is 4. The van der Waals surface area contributed by atoms with Crippen LogP contribution in [0.5, 0.6) is 0 Å². The number of nitrogens with one attached hydrogen (secondary N) is 2. The Bertz CT molecular complexity index is 884. The first kappa shape index (κ1) is 15.2. The van der Waals surface area contributed by atoms with E-state index in [-0.39, 0.29) is 17.3 Å². The molecule has 23 heavy (non-hydrogen) atoms. The van der Waals surface area contributed by atoms with Crippen molar-refractivity contribution >= 4 is 34.2 Å². The summed E-state index contributed by atoms with van der Waals surface area (Å²) < 4.78 is 5.89. The Morgan fingerprint density at radius 3 is 2.78 bits per heavy atom. The van der Waals surface area contributed by atoms with Crippen LogP contribution < -0.4 is 10.8 Å². The average Bonchev–Trinajstić information content (AvgIpc) is 3.17. The van der Waals surface area contributed by atoms with Gasteiger partial charge < -0.3 is 9.88 Å². The van der Waals surface area contributed by atoms with Crippen molar-refractivity contribution in [2.45, 2.75) is 6.54 Å². The van der Waals surface area contributed by atoms with Gasteiger partial charge in [-0.2, -0.15) is 4.37 Å². The van der Waals surface area contributed by atoms with Gasteiger partial charge in [-0.15, -0.1) is 0 Å². The molecule has 0 spiro atoms. The van der Waals surface area contributed by atoms with Gasteiger partial charge in [0.15, 0.2) is 0 Å². The third-order valence-corrected chi connectivity index (χ3v) is 4.32. The molecule has 0 fully saturated rings. The lowest BCUT2D eigenvalue weighted by atomic mass is 10.2. The van der Waals surface area contributed by atoms with E-state index in [0.717, 1.165) is 22.4 Å². The number of nitrogens with zero attached hydrogens (tertiary/aromatic N) is 2. The van der Waals surface area contributed by atoms with E-state index in [1.807, 2.05) is 41.9 Å². The van der Waals surface area contributed by atoms with Gasteiger partial charge in [-0.3, -0.25) is 14.8 Å². The van der Waals surface area contributed by atoms with Crippen LogP contribution in [0.1, 0.15) is 25.9 Å². The second-order valence-electron chi connectivity index (χ2n) is 4.95. The number of hydrogen-bond acceptors (Lipinski definition) is 5.